The van der Waals surface area contributed by atoms with E-state index in [9.17, 15) is 9.90 Å². The largest absolute Gasteiger partial charge is 0.481 e. The Morgan fingerprint density at radius 3 is 1.35 bits per heavy atom. The van der Waals surface area contributed by atoms with Crippen LogP contribution in [0.4, 0.5) is 0 Å². The monoisotopic (exact) mass is 284 g/mol. The molecule has 0 aliphatic rings. The average Bonchev–Trinajstić information content (AvgIpc) is 2.34. The molecule has 0 fully saturated rings. The van der Waals surface area contributed by atoms with Gasteiger partial charge in [-0.2, -0.15) is 0 Å². The van der Waals surface area contributed by atoms with Gasteiger partial charge in [-0.15, -0.1) is 0 Å². The molecule has 0 saturated heterocycles. The summed E-state index contributed by atoms with van der Waals surface area (Å²) in [5.41, 5.74) is 0. The molecule has 0 aromatic heterocycles. The Kier molecular flexibility index (Phi) is 11.9. The molecule has 2 nitrogen and oxygen atoms in total. The zero-order valence-electron chi connectivity index (χ0n) is 14.2. The van der Waals surface area contributed by atoms with Gasteiger partial charge in [-0.25, -0.2) is 0 Å². The minimum Gasteiger partial charge on any atom is -0.481 e. The molecule has 0 aliphatic heterocycles. The number of aliphatic carboxylic acids is 1. The molecule has 20 heavy (non-hydrogen) atoms. The van der Waals surface area contributed by atoms with Gasteiger partial charge in [0.1, 0.15) is 0 Å². The normalized spacial score (nSPS) is 11.8. The predicted octanol–water partition coefficient (Wildman–Crippen LogP) is 5.90. The van der Waals surface area contributed by atoms with Crippen LogP contribution >= 0.6 is 0 Å². The second-order valence-electron chi connectivity index (χ2n) is 7.10. The van der Waals surface area contributed by atoms with Crippen LogP contribution in [0.2, 0.25) is 0 Å². The zero-order valence-corrected chi connectivity index (χ0v) is 14.2. The summed E-state index contributed by atoms with van der Waals surface area (Å²) in [6.07, 6.45) is 11.3. The Labute approximate surface area is 126 Å². The van der Waals surface area contributed by atoms with Crippen LogP contribution in [0.5, 0.6) is 0 Å². The van der Waals surface area contributed by atoms with E-state index in [-0.39, 0.29) is 5.92 Å². The first kappa shape index (κ1) is 19.5. The van der Waals surface area contributed by atoms with Crippen LogP contribution in [0.15, 0.2) is 0 Å². The van der Waals surface area contributed by atoms with E-state index in [2.05, 4.69) is 27.7 Å². The topological polar surface area (TPSA) is 37.3 Å². The molecular weight excluding hydrogens is 248 g/mol. The van der Waals surface area contributed by atoms with Crippen LogP contribution in [0.3, 0.4) is 0 Å². The minimum absolute atomic E-state index is 0.104. The smallest absolute Gasteiger partial charge is 0.306 e. The van der Waals surface area contributed by atoms with E-state index in [0.717, 1.165) is 37.5 Å². The molecule has 0 unspecified atom stereocenters. The maximum Gasteiger partial charge on any atom is 0.306 e. The second kappa shape index (κ2) is 12.2. The summed E-state index contributed by atoms with van der Waals surface area (Å²) in [5.74, 6) is 0.850. The van der Waals surface area contributed by atoms with E-state index in [1.165, 1.54) is 38.5 Å². The van der Waals surface area contributed by atoms with Crippen molar-refractivity contribution in [1.29, 1.82) is 0 Å². The molecule has 0 radical (unpaired) electrons. The number of unbranched alkanes of at least 4 members (excludes halogenated alkanes) is 4. The first-order valence-electron chi connectivity index (χ1n) is 8.66. The maximum absolute atomic E-state index is 11.2. The van der Waals surface area contributed by atoms with Gasteiger partial charge >= 0.3 is 5.97 Å². The summed E-state index contributed by atoms with van der Waals surface area (Å²) in [6.45, 7) is 8.99. The van der Waals surface area contributed by atoms with Crippen molar-refractivity contribution in [3.8, 4) is 0 Å². The SMILES string of the molecule is CC(C)CCCCCC(CCCCCC(C)C)C(=O)O. The second-order valence-corrected chi connectivity index (χ2v) is 7.10. The molecule has 1 N–H and O–H groups in total. The fourth-order valence-corrected chi connectivity index (χ4v) is 2.63. The van der Waals surface area contributed by atoms with Crippen LogP contribution < -0.4 is 0 Å². The van der Waals surface area contributed by atoms with E-state index in [0.29, 0.717) is 0 Å². The summed E-state index contributed by atoms with van der Waals surface area (Å²) in [5, 5.41) is 9.26. The maximum atomic E-state index is 11.2. The first-order valence-corrected chi connectivity index (χ1v) is 8.66. The molecule has 0 aliphatic carbocycles. The van der Waals surface area contributed by atoms with Crippen LogP contribution in [0.1, 0.15) is 91.9 Å². The number of carboxylic acids is 1. The van der Waals surface area contributed by atoms with Crippen molar-refractivity contribution in [1.82, 2.24) is 0 Å². The third-order valence-electron chi connectivity index (χ3n) is 4.02. The average molecular weight is 284 g/mol. The molecule has 0 amide bonds. The Balaban J connectivity index is 3.64. The van der Waals surface area contributed by atoms with Gasteiger partial charge in [-0.1, -0.05) is 79.1 Å². The molecule has 0 aromatic carbocycles. The highest BCUT2D eigenvalue weighted by Crippen LogP contribution is 2.20. The molecule has 0 bridgehead atoms. The van der Waals surface area contributed by atoms with Gasteiger partial charge < -0.3 is 5.11 Å². The molecule has 0 saturated carbocycles. The predicted molar refractivity (Wildman–Crippen MR) is 87.0 cm³/mol. The highest BCUT2D eigenvalue weighted by molar-refractivity contribution is 5.69. The third kappa shape index (κ3) is 12.5. The highest BCUT2D eigenvalue weighted by atomic mass is 16.4. The Morgan fingerprint density at radius 1 is 0.700 bits per heavy atom. The third-order valence-corrected chi connectivity index (χ3v) is 4.02. The van der Waals surface area contributed by atoms with Crippen molar-refractivity contribution in [3.63, 3.8) is 0 Å². The summed E-state index contributed by atoms with van der Waals surface area (Å²) in [4.78, 5) is 11.2. The lowest BCUT2D eigenvalue weighted by Crippen LogP contribution is -2.13. The first-order chi connectivity index (χ1) is 9.43. The highest BCUT2D eigenvalue weighted by Gasteiger charge is 2.16. The van der Waals surface area contributed by atoms with Crippen LogP contribution in [0.25, 0.3) is 0 Å². The number of carbonyl (C=O) groups is 1. The minimum atomic E-state index is -0.585. The number of hydrogen-bond acceptors (Lipinski definition) is 1. The lowest BCUT2D eigenvalue weighted by molar-refractivity contribution is -0.142. The van der Waals surface area contributed by atoms with Crippen molar-refractivity contribution in [3.05, 3.63) is 0 Å². The van der Waals surface area contributed by atoms with Gasteiger partial charge in [0.25, 0.3) is 0 Å². The van der Waals surface area contributed by atoms with E-state index >= 15 is 0 Å². The molecule has 0 rings (SSSR count). The van der Waals surface area contributed by atoms with Crippen LogP contribution in [0, 0.1) is 17.8 Å². The molecule has 0 atom stereocenters. The zero-order chi connectivity index (χ0) is 15.4. The molecular formula is C18H36O2. The standard InChI is InChI=1S/C18H36O2/c1-15(2)11-7-5-9-13-17(18(19)20)14-10-6-8-12-16(3)4/h15-17H,5-14H2,1-4H3,(H,19,20). The van der Waals surface area contributed by atoms with Crippen LogP contribution in [-0.4, -0.2) is 11.1 Å². The van der Waals surface area contributed by atoms with Crippen molar-refractivity contribution < 1.29 is 9.90 Å². The quantitative estimate of drug-likeness (QED) is 0.427. The molecule has 0 aromatic rings. The van der Waals surface area contributed by atoms with Crippen LogP contribution in [-0.2, 0) is 4.79 Å². The van der Waals surface area contributed by atoms with E-state index in [4.69, 9.17) is 0 Å². The van der Waals surface area contributed by atoms with Gasteiger partial charge in [0, 0.05) is 0 Å². The van der Waals surface area contributed by atoms with Crippen molar-refractivity contribution in [2.45, 2.75) is 91.9 Å². The molecule has 2 heteroatoms. The Morgan fingerprint density at radius 2 is 1.05 bits per heavy atom. The van der Waals surface area contributed by atoms with Crippen molar-refractivity contribution in [2.75, 3.05) is 0 Å². The summed E-state index contributed by atoms with van der Waals surface area (Å²) in [6, 6.07) is 0. The lowest BCUT2D eigenvalue weighted by atomic mass is 9.93. The fourth-order valence-electron chi connectivity index (χ4n) is 2.63. The number of hydrogen-bond donors (Lipinski definition) is 1. The van der Waals surface area contributed by atoms with Gasteiger partial charge in [0.2, 0.25) is 0 Å². The molecule has 120 valence electrons. The molecule has 0 heterocycles. The Bertz CT molecular complexity index is 216. The summed E-state index contributed by atoms with van der Waals surface area (Å²) >= 11 is 0. The Hall–Kier alpha value is -0.530. The molecule has 0 spiro atoms. The number of rotatable bonds is 13. The van der Waals surface area contributed by atoms with Crippen molar-refractivity contribution >= 4 is 5.97 Å². The summed E-state index contributed by atoms with van der Waals surface area (Å²) < 4.78 is 0. The van der Waals surface area contributed by atoms with Gasteiger partial charge in [0.15, 0.2) is 0 Å². The fraction of sp³-hybridized carbons (Fsp3) is 0.944. The van der Waals surface area contributed by atoms with Gasteiger partial charge in [0.05, 0.1) is 5.92 Å². The van der Waals surface area contributed by atoms with Gasteiger partial charge in [-0.05, 0) is 24.7 Å². The number of carboxylic acid groups (broad SMARTS) is 1. The van der Waals surface area contributed by atoms with Gasteiger partial charge in [-0.3, -0.25) is 4.79 Å². The van der Waals surface area contributed by atoms with E-state index in [1.807, 2.05) is 0 Å². The van der Waals surface area contributed by atoms with Crippen molar-refractivity contribution in [2.24, 2.45) is 17.8 Å². The van der Waals surface area contributed by atoms with E-state index in [1.54, 1.807) is 0 Å². The summed E-state index contributed by atoms with van der Waals surface area (Å²) in [7, 11) is 0. The van der Waals surface area contributed by atoms with E-state index < -0.39 is 5.97 Å². The lowest BCUT2D eigenvalue weighted by Gasteiger charge is -2.12.